The third-order valence-corrected chi connectivity index (χ3v) is 8.98. The van der Waals surface area contributed by atoms with Crippen LogP contribution >= 0.6 is 0 Å². The summed E-state index contributed by atoms with van der Waals surface area (Å²) in [6.45, 7) is 4.46. The first-order valence-electron chi connectivity index (χ1n) is 20.9. The predicted octanol–water partition coefficient (Wildman–Crippen LogP) is 9.69. The summed E-state index contributed by atoms with van der Waals surface area (Å²) in [6, 6.07) is -0.733. The van der Waals surface area contributed by atoms with Crippen LogP contribution < -0.4 is 5.11 Å². The zero-order valence-electron chi connectivity index (χ0n) is 34.4. The van der Waals surface area contributed by atoms with Gasteiger partial charge < -0.3 is 28.6 Å². The molecule has 2 unspecified atom stereocenters. The summed E-state index contributed by atoms with van der Waals surface area (Å²) in [5.41, 5.74) is 0. The van der Waals surface area contributed by atoms with Crippen LogP contribution in [0.4, 0.5) is 0 Å². The van der Waals surface area contributed by atoms with Crippen LogP contribution in [-0.4, -0.2) is 75.5 Å². The second-order valence-electron chi connectivity index (χ2n) is 14.9. The zero-order chi connectivity index (χ0) is 39.3. The van der Waals surface area contributed by atoms with Crippen LogP contribution in [-0.2, 0) is 28.6 Å². The highest BCUT2D eigenvalue weighted by Crippen LogP contribution is 2.13. The summed E-state index contributed by atoms with van der Waals surface area (Å²) in [6.07, 6.45) is 42.4. The number of aliphatic carboxylic acids is 1. The van der Waals surface area contributed by atoms with Gasteiger partial charge in [-0.2, -0.15) is 0 Å². The molecule has 0 aliphatic rings. The van der Waals surface area contributed by atoms with Crippen molar-refractivity contribution < 1.29 is 38.2 Å². The van der Waals surface area contributed by atoms with E-state index in [1.165, 1.54) is 44.9 Å². The van der Waals surface area contributed by atoms with Gasteiger partial charge in [0.1, 0.15) is 12.6 Å². The lowest BCUT2D eigenvalue weighted by molar-refractivity contribution is -0.889. The van der Waals surface area contributed by atoms with Crippen molar-refractivity contribution in [2.45, 2.75) is 167 Å². The van der Waals surface area contributed by atoms with Gasteiger partial charge in [0, 0.05) is 19.3 Å². The molecule has 0 rings (SSSR count). The van der Waals surface area contributed by atoms with Gasteiger partial charge in [0.15, 0.2) is 6.10 Å². The molecule has 8 heteroatoms. The molecule has 0 bridgehead atoms. The summed E-state index contributed by atoms with van der Waals surface area (Å²) in [4.78, 5) is 36.8. The number of esters is 2. The first kappa shape index (κ1) is 50.0. The molecule has 0 radical (unpaired) electrons. The Hall–Kier alpha value is -2.97. The summed E-state index contributed by atoms with van der Waals surface area (Å²) < 4.78 is 17.1. The topological polar surface area (TPSA) is 102 Å². The van der Waals surface area contributed by atoms with E-state index in [2.05, 4.69) is 44.2 Å². The molecule has 2 atom stereocenters. The van der Waals surface area contributed by atoms with Gasteiger partial charge in [0.2, 0.25) is 0 Å². The Morgan fingerprint density at radius 2 is 1.08 bits per heavy atom. The maximum atomic E-state index is 12.7. The van der Waals surface area contributed by atoms with E-state index in [9.17, 15) is 19.5 Å². The number of unbranched alkanes of at least 4 members (excludes halogenated alkanes) is 15. The first-order chi connectivity index (χ1) is 25.6. The van der Waals surface area contributed by atoms with Crippen molar-refractivity contribution in [2.75, 3.05) is 41.0 Å². The molecule has 0 N–H and O–H groups in total. The van der Waals surface area contributed by atoms with E-state index in [4.69, 9.17) is 14.2 Å². The Labute approximate surface area is 324 Å². The monoisotopic (exact) mass is 744 g/mol. The van der Waals surface area contributed by atoms with Gasteiger partial charge in [-0.05, 0) is 57.8 Å². The van der Waals surface area contributed by atoms with Crippen LogP contribution in [0.2, 0.25) is 0 Å². The highest BCUT2D eigenvalue weighted by molar-refractivity contribution is 5.70. The standard InChI is InChI=1S/C45H77NO7/c1-6-8-10-12-14-16-18-20-22-24-25-27-29-31-33-35-43(47)52-40-41(39-51-38-37-42(45(49)50)46(3,4)5)53-44(48)36-34-32-30-28-26-23-21-19-17-15-13-11-9-7-2/h8,10,12,14,16,18,20,22-23,26,41-42H,6-7,9,11,13,15,17,19,21,24-25,27-40H2,1-5H3/b10-8+,14-12+,18-16+,22-20+,26-23+. The smallest absolute Gasteiger partial charge is 0.306 e. The number of carbonyl (C=O) groups is 3. The van der Waals surface area contributed by atoms with Gasteiger partial charge in [-0.1, -0.05) is 139 Å². The number of rotatable bonds is 36. The minimum atomic E-state index is -1.13. The summed E-state index contributed by atoms with van der Waals surface area (Å²) >= 11 is 0. The predicted molar refractivity (Wildman–Crippen MR) is 217 cm³/mol. The van der Waals surface area contributed by atoms with Crippen molar-refractivity contribution in [3.63, 3.8) is 0 Å². The van der Waals surface area contributed by atoms with E-state index in [0.29, 0.717) is 12.8 Å². The molecule has 0 aliphatic carbocycles. The highest BCUT2D eigenvalue weighted by Gasteiger charge is 2.25. The minimum Gasteiger partial charge on any atom is -0.544 e. The normalized spacial score (nSPS) is 13.6. The average Bonchev–Trinajstić information content (AvgIpc) is 3.11. The quantitative estimate of drug-likeness (QED) is 0.0207. The number of carboxylic acids is 1. The average molecular weight is 744 g/mol. The molecular formula is C45H77NO7. The SMILES string of the molecule is CC/C=C/C=C/C=C/C=C/CCCCCCCC(=O)OCC(COCCC(C(=O)[O-])[N+](C)(C)C)OC(=O)CCCCC/C=C/CCCCCCCCC. The molecule has 0 amide bonds. The Morgan fingerprint density at radius 3 is 1.64 bits per heavy atom. The Bertz CT molecular complexity index is 1050. The zero-order valence-corrected chi connectivity index (χ0v) is 34.4. The van der Waals surface area contributed by atoms with E-state index in [1.807, 2.05) is 30.4 Å². The molecule has 0 aromatic heterocycles. The number of nitrogens with zero attached hydrogens (tertiary/aromatic N) is 1. The van der Waals surface area contributed by atoms with Gasteiger partial charge in [0.25, 0.3) is 0 Å². The summed E-state index contributed by atoms with van der Waals surface area (Å²) in [5, 5.41) is 11.6. The van der Waals surface area contributed by atoms with Crippen LogP contribution in [0, 0.1) is 0 Å². The van der Waals surface area contributed by atoms with Crippen molar-refractivity contribution in [3.05, 3.63) is 60.8 Å². The maximum Gasteiger partial charge on any atom is 0.306 e. The molecule has 0 fully saturated rings. The van der Waals surface area contributed by atoms with Crippen molar-refractivity contribution in [1.82, 2.24) is 0 Å². The number of hydrogen-bond acceptors (Lipinski definition) is 7. The number of quaternary nitrogens is 1. The number of carbonyl (C=O) groups excluding carboxylic acids is 3. The molecule has 53 heavy (non-hydrogen) atoms. The molecule has 304 valence electrons. The van der Waals surface area contributed by atoms with Crippen LogP contribution in [0.25, 0.3) is 0 Å². The van der Waals surface area contributed by atoms with Crippen molar-refractivity contribution >= 4 is 17.9 Å². The lowest BCUT2D eigenvalue weighted by Gasteiger charge is -2.34. The first-order valence-corrected chi connectivity index (χ1v) is 20.9. The van der Waals surface area contributed by atoms with Gasteiger partial charge in [-0.3, -0.25) is 9.59 Å². The van der Waals surface area contributed by atoms with E-state index in [0.717, 1.165) is 77.0 Å². The van der Waals surface area contributed by atoms with Gasteiger partial charge in [-0.25, -0.2) is 0 Å². The van der Waals surface area contributed by atoms with Crippen LogP contribution in [0.3, 0.4) is 0 Å². The number of hydrogen-bond donors (Lipinski definition) is 0. The molecule has 0 aromatic carbocycles. The minimum absolute atomic E-state index is 0.0245. The largest absolute Gasteiger partial charge is 0.544 e. The van der Waals surface area contributed by atoms with Crippen molar-refractivity contribution in [2.24, 2.45) is 0 Å². The maximum absolute atomic E-state index is 12.7. The molecule has 0 saturated carbocycles. The second kappa shape index (κ2) is 36.0. The molecule has 0 aliphatic heterocycles. The van der Waals surface area contributed by atoms with Gasteiger partial charge in [0.05, 0.1) is 40.3 Å². The van der Waals surface area contributed by atoms with Crippen LogP contribution in [0.15, 0.2) is 60.8 Å². The lowest BCUT2D eigenvalue weighted by atomic mass is 10.1. The third-order valence-electron chi connectivity index (χ3n) is 8.98. The van der Waals surface area contributed by atoms with E-state index in [1.54, 1.807) is 21.1 Å². The fourth-order valence-corrected chi connectivity index (χ4v) is 5.72. The van der Waals surface area contributed by atoms with Gasteiger partial charge in [-0.15, -0.1) is 0 Å². The number of likely N-dealkylation sites (N-methyl/N-ethyl adjacent to an activating group) is 1. The molecule has 8 nitrogen and oxygen atoms in total. The highest BCUT2D eigenvalue weighted by atomic mass is 16.6. The van der Waals surface area contributed by atoms with E-state index >= 15 is 0 Å². The Kier molecular flexibility index (Phi) is 34.0. The lowest BCUT2D eigenvalue weighted by Crippen LogP contribution is -2.55. The Morgan fingerprint density at radius 1 is 0.585 bits per heavy atom. The summed E-state index contributed by atoms with van der Waals surface area (Å²) in [7, 11) is 5.38. The van der Waals surface area contributed by atoms with Crippen LogP contribution in [0.5, 0.6) is 0 Å². The molecule has 0 aromatic rings. The molecule has 0 spiro atoms. The third kappa shape index (κ3) is 34.5. The number of carboxylic acid groups (broad SMARTS) is 1. The van der Waals surface area contributed by atoms with E-state index < -0.39 is 18.1 Å². The summed E-state index contributed by atoms with van der Waals surface area (Å²) in [5.74, 6) is -1.79. The van der Waals surface area contributed by atoms with Gasteiger partial charge >= 0.3 is 11.9 Å². The number of ether oxygens (including phenoxy) is 3. The molecule has 0 heterocycles. The fraction of sp³-hybridized carbons (Fsp3) is 0.711. The second-order valence-corrected chi connectivity index (χ2v) is 14.9. The van der Waals surface area contributed by atoms with Crippen molar-refractivity contribution in [3.8, 4) is 0 Å². The fourth-order valence-electron chi connectivity index (χ4n) is 5.72. The molecular weight excluding hydrogens is 666 g/mol. The Balaban J connectivity index is 4.45. The molecule has 0 saturated heterocycles. The van der Waals surface area contributed by atoms with Crippen molar-refractivity contribution in [1.29, 1.82) is 0 Å². The van der Waals surface area contributed by atoms with Crippen LogP contribution in [0.1, 0.15) is 155 Å². The van der Waals surface area contributed by atoms with E-state index in [-0.39, 0.29) is 42.7 Å². The number of allylic oxidation sites excluding steroid dienone is 10.